The molecule has 0 spiro atoms. The second-order valence-electron chi connectivity index (χ2n) is 26.7. The summed E-state index contributed by atoms with van der Waals surface area (Å²) in [6.45, 7) is 24.6. The summed E-state index contributed by atoms with van der Waals surface area (Å²) < 4.78 is 50.3. The van der Waals surface area contributed by atoms with Crippen molar-refractivity contribution in [2.24, 2.45) is 0 Å². The van der Waals surface area contributed by atoms with Gasteiger partial charge in [0.1, 0.15) is 22.3 Å². The Morgan fingerprint density at radius 3 is 1.05 bits per heavy atom. The molecule has 0 N–H and O–H groups in total. The predicted molar refractivity (Wildman–Crippen MR) is 363 cm³/mol. The normalized spacial score (nSPS) is 18.5. The number of rotatable bonds is 2. The number of furan rings is 2. The smallest absolute Gasteiger partial charge is 0.456 e. The number of benzene rings is 12. The van der Waals surface area contributed by atoms with Crippen LogP contribution in [0.1, 0.15) is 83.1 Å². The molecule has 0 amide bonds. The minimum absolute atomic E-state index is 0.360. The summed E-state index contributed by atoms with van der Waals surface area (Å²) in [6.07, 6.45) is 0. The van der Waals surface area contributed by atoms with Crippen molar-refractivity contribution < 1.29 is 36.8 Å². The summed E-state index contributed by atoms with van der Waals surface area (Å²) in [5, 5.41) is 24.7. The highest BCUT2D eigenvalue weighted by molar-refractivity contribution is 9.10. The molecule has 14 aromatic rings. The first-order chi connectivity index (χ1) is 41.0. The molecule has 0 atom stereocenters. The van der Waals surface area contributed by atoms with Crippen molar-refractivity contribution in [3.05, 3.63) is 186 Å². The van der Waals surface area contributed by atoms with Gasteiger partial charge in [0.2, 0.25) is 0 Å². The molecule has 3 aliphatic heterocycles. The van der Waals surface area contributed by atoms with Gasteiger partial charge in [-0.05, 0) is 223 Å². The molecule has 3 aliphatic rings. The zero-order valence-corrected chi connectivity index (χ0v) is 52.3. The summed E-state index contributed by atoms with van der Waals surface area (Å²) in [7, 11) is -1.36. The lowest BCUT2D eigenvalue weighted by Crippen LogP contribution is -2.41. The van der Waals surface area contributed by atoms with Crippen LogP contribution in [0.4, 0.5) is 0 Å². The van der Waals surface area contributed by atoms with E-state index in [1.165, 1.54) is 86.2 Å². The first-order valence-electron chi connectivity index (χ1n) is 29.9. The standard InChI is InChI=1S/C34H27BO3.C28H15BrO.C12H24B2O4/c1-33(2)34(3,4)38-35(37-33)21-14-16-30-27(17-21)28-18-26-24-12-8-7-11-23(24)25-15-13-20-9-5-6-10-22(20)32(25)29(26)19-31(28)36-30;29-17-10-12-26-23(13-17)24-14-22-20-8-4-3-7-19(20)21-11-9-16-5-1-2-6-18(16)28(21)25(22)15-27(24)30-26;1-9(2)10(3,4)16-13(15-9)14-17-11(5,6)12(7,8)18-14/h5-19H,1-4H3;1-15H;1-8H3. The van der Waals surface area contributed by atoms with Crippen molar-refractivity contribution in [2.45, 2.75) is 117 Å². The summed E-state index contributed by atoms with van der Waals surface area (Å²) in [5.74, 6) is 0. The van der Waals surface area contributed by atoms with Gasteiger partial charge in [-0.3, -0.25) is 0 Å². The van der Waals surface area contributed by atoms with Crippen LogP contribution in [-0.4, -0.2) is 54.7 Å². The van der Waals surface area contributed by atoms with Crippen LogP contribution in [0.3, 0.4) is 0 Å². The fourth-order valence-electron chi connectivity index (χ4n) is 13.1. The van der Waals surface area contributed by atoms with Crippen molar-refractivity contribution in [1.82, 2.24) is 0 Å². The second kappa shape index (κ2) is 19.4. The van der Waals surface area contributed by atoms with Crippen LogP contribution in [0.25, 0.3) is 130 Å². The highest BCUT2D eigenvalue weighted by atomic mass is 79.9. The molecule has 3 saturated heterocycles. The van der Waals surface area contributed by atoms with E-state index in [-0.39, 0.29) is 33.6 Å². The Labute approximate surface area is 509 Å². The van der Waals surface area contributed by atoms with E-state index in [0.29, 0.717) is 0 Å². The Balaban J connectivity index is 0.000000116. The van der Waals surface area contributed by atoms with E-state index in [2.05, 4.69) is 207 Å². The molecule has 0 saturated carbocycles. The van der Waals surface area contributed by atoms with E-state index in [4.69, 9.17) is 36.8 Å². The zero-order chi connectivity index (χ0) is 59.6. The van der Waals surface area contributed by atoms with Crippen LogP contribution in [0.5, 0.6) is 0 Å². The largest absolute Gasteiger partial charge is 0.494 e. The van der Waals surface area contributed by atoms with E-state index in [1.54, 1.807) is 0 Å². The first-order valence-corrected chi connectivity index (χ1v) is 30.7. The van der Waals surface area contributed by atoms with E-state index in [1.807, 2.05) is 73.6 Å². The third kappa shape index (κ3) is 8.64. The quantitative estimate of drug-likeness (QED) is 0.125. The maximum atomic E-state index is 6.45. The third-order valence-corrected chi connectivity index (χ3v) is 20.4. The average molecular weight is 1200 g/mol. The number of halogens is 1. The molecular weight excluding hydrogens is 1130 g/mol. The third-order valence-electron chi connectivity index (χ3n) is 19.9. The summed E-state index contributed by atoms with van der Waals surface area (Å²) in [5.41, 5.74) is 2.41. The number of hydrogen-bond acceptors (Lipinski definition) is 8. The van der Waals surface area contributed by atoms with Crippen LogP contribution in [0.2, 0.25) is 0 Å². The van der Waals surface area contributed by atoms with E-state index < -0.39 is 21.1 Å². The molecule has 0 aliphatic carbocycles. The second-order valence-corrected chi connectivity index (χ2v) is 27.7. The molecule has 5 heterocycles. The van der Waals surface area contributed by atoms with Crippen molar-refractivity contribution in [1.29, 1.82) is 0 Å². The Bertz CT molecular complexity index is 5070. The molecular formula is C74H66B3BrO8. The monoisotopic (exact) mass is 1190 g/mol. The molecule has 0 radical (unpaired) electrons. The summed E-state index contributed by atoms with van der Waals surface area (Å²) >= 11 is 3.61. The minimum Gasteiger partial charge on any atom is -0.456 e. The molecule has 3 fully saturated rings. The van der Waals surface area contributed by atoms with Gasteiger partial charge in [0.05, 0.1) is 33.6 Å². The van der Waals surface area contributed by atoms with Gasteiger partial charge in [0.15, 0.2) is 0 Å². The molecule has 12 aromatic carbocycles. The number of hydrogen-bond donors (Lipinski definition) is 0. The molecule has 17 rings (SSSR count). The Hall–Kier alpha value is -7.25. The predicted octanol–water partition coefficient (Wildman–Crippen LogP) is 19.7. The van der Waals surface area contributed by atoms with Crippen LogP contribution in [-0.2, 0) is 27.9 Å². The molecule has 2 aromatic heterocycles. The molecule has 426 valence electrons. The SMILES string of the molecule is Brc1ccc2oc3cc4c(cc3c2c1)c1ccccc1c1ccc2ccccc2c14.CC1(C)OB(B2OC(C)(C)C(C)(C)O2)OC1(C)C.CC1(C)OB(c2ccc3oc4cc5c(cc4c3c2)c2ccccc2c2ccc3ccccc3c25)OC1(C)C. The van der Waals surface area contributed by atoms with E-state index in [0.717, 1.165) is 53.8 Å². The van der Waals surface area contributed by atoms with Crippen LogP contribution in [0.15, 0.2) is 195 Å². The maximum absolute atomic E-state index is 6.45. The topological polar surface area (TPSA) is 81.7 Å². The molecule has 12 heteroatoms. The van der Waals surface area contributed by atoms with Gasteiger partial charge < -0.3 is 36.8 Å². The van der Waals surface area contributed by atoms with Gasteiger partial charge in [0, 0.05) is 26.0 Å². The maximum Gasteiger partial charge on any atom is 0.494 e. The van der Waals surface area contributed by atoms with Crippen molar-refractivity contribution >= 4 is 173 Å². The molecule has 86 heavy (non-hydrogen) atoms. The van der Waals surface area contributed by atoms with Crippen LogP contribution in [0, 0.1) is 0 Å². The fourth-order valence-corrected chi connectivity index (χ4v) is 13.5. The highest BCUT2D eigenvalue weighted by Gasteiger charge is 2.64. The number of fused-ring (bicyclic) bond motifs is 22. The van der Waals surface area contributed by atoms with Gasteiger partial charge in [-0.1, -0.05) is 149 Å². The van der Waals surface area contributed by atoms with E-state index in [9.17, 15) is 0 Å². The average Bonchev–Trinajstić information content (AvgIpc) is 1.84. The minimum atomic E-state index is -0.476. The Morgan fingerprint density at radius 2 is 0.616 bits per heavy atom. The zero-order valence-electron chi connectivity index (χ0n) is 50.7. The Morgan fingerprint density at radius 1 is 0.267 bits per heavy atom. The summed E-state index contributed by atoms with van der Waals surface area (Å²) in [4.78, 5) is 0. The van der Waals surface area contributed by atoms with Crippen molar-refractivity contribution in [3.63, 3.8) is 0 Å². The van der Waals surface area contributed by atoms with Crippen molar-refractivity contribution in [3.8, 4) is 0 Å². The van der Waals surface area contributed by atoms with Gasteiger partial charge >= 0.3 is 21.1 Å². The summed E-state index contributed by atoms with van der Waals surface area (Å²) in [6, 6.07) is 65.3. The van der Waals surface area contributed by atoms with E-state index >= 15 is 0 Å². The lowest BCUT2D eigenvalue weighted by Gasteiger charge is -2.32. The molecule has 0 bridgehead atoms. The Kier molecular flexibility index (Phi) is 12.5. The van der Waals surface area contributed by atoms with Gasteiger partial charge in [-0.25, -0.2) is 0 Å². The van der Waals surface area contributed by atoms with Gasteiger partial charge in [-0.15, -0.1) is 0 Å². The lowest BCUT2D eigenvalue weighted by molar-refractivity contribution is 0.00578. The first kappa shape index (κ1) is 55.3. The van der Waals surface area contributed by atoms with Gasteiger partial charge in [0.25, 0.3) is 0 Å². The molecule has 8 nitrogen and oxygen atoms in total. The molecule has 0 unspecified atom stereocenters. The van der Waals surface area contributed by atoms with Crippen molar-refractivity contribution in [2.75, 3.05) is 0 Å². The fraction of sp³-hybridized carbons (Fsp3) is 0.243. The van der Waals surface area contributed by atoms with Gasteiger partial charge in [-0.2, -0.15) is 0 Å². The highest BCUT2D eigenvalue weighted by Crippen LogP contribution is 2.47. The van der Waals surface area contributed by atoms with Crippen LogP contribution < -0.4 is 5.46 Å². The van der Waals surface area contributed by atoms with Crippen LogP contribution >= 0.6 is 15.9 Å². The lowest BCUT2D eigenvalue weighted by atomic mass is 9.49.